The zero-order chi connectivity index (χ0) is 18.5. The molecule has 1 aromatic heterocycles. The number of fused-ring (bicyclic) bond motifs is 1. The van der Waals surface area contributed by atoms with Crippen molar-refractivity contribution in [3.8, 4) is 0 Å². The lowest BCUT2D eigenvalue weighted by molar-refractivity contribution is -0.383. The summed E-state index contributed by atoms with van der Waals surface area (Å²) in [7, 11) is 0. The van der Waals surface area contributed by atoms with E-state index in [1.807, 2.05) is 61.2 Å². The number of nitro groups is 1. The maximum absolute atomic E-state index is 11.8. The molecule has 0 saturated carbocycles. The van der Waals surface area contributed by atoms with Gasteiger partial charge in [0, 0.05) is 18.5 Å². The first-order chi connectivity index (χ1) is 12.7. The average molecular weight is 351 g/mol. The molecule has 134 valence electrons. The van der Waals surface area contributed by atoms with E-state index < -0.39 is 4.92 Å². The molecule has 0 amide bonds. The third-order valence-electron chi connectivity index (χ3n) is 4.16. The molecule has 0 aliphatic heterocycles. The van der Waals surface area contributed by atoms with Crippen LogP contribution in [0.1, 0.15) is 20.3 Å². The van der Waals surface area contributed by atoms with Crippen molar-refractivity contribution >= 4 is 33.8 Å². The summed E-state index contributed by atoms with van der Waals surface area (Å²) in [5, 5.41) is 16.9. The van der Waals surface area contributed by atoms with Crippen molar-refractivity contribution in [1.29, 1.82) is 0 Å². The van der Waals surface area contributed by atoms with Crippen molar-refractivity contribution < 1.29 is 4.92 Å². The van der Waals surface area contributed by atoms with Gasteiger partial charge in [0.25, 0.3) is 0 Å². The van der Waals surface area contributed by atoms with Gasteiger partial charge in [-0.15, -0.1) is 0 Å². The summed E-state index contributed by atoms with van der Waals surface area (Å²) in [5.41, 5.74) is 0.782. The fourth-order valence-corrected chi connectivity index (χ4v) is 2.99. The highest BCUT2D eigenvalue weighted by Gasteiger charge is 2.27. The Morgan fingerprint density at radius 2 is 1.88 bits per heavy atom. The van der Waals surface area contributed by atoms with Gasteiger partial charge in [-0.25, -0.2) is 9.97 Å². The molecular formula is C19H21N5O2. The molecule has 1 N–H and O–H groups in total. The van der Waals surface area contributed by atoms with Crippen LogP contribution in [0.2, 0.25) is 0 Å². The predicted octanol–water partition coefficient (Wildman–Crippen LogP) is 4.52. The standard InChI is InChI=1S/C19H21N5O2/c1-3-12-20-18-17(24(25)26)19(22-13-21-18)23(4-2)16-11-7-9-14-8-5-6-10-15(14)16/h5-11,13H,3-4,12H2,1-2H3,(H,20,21,22). The van der Waals surface area contributed by atoms with E-state index in [2.05, 4.69) is 15.3 Å². The number of rotatable bonds is 7. The lowest BCUT2D eigenvalue weighted by Crippen LogP contribution is -2.20. The van der Waals surface area contributed by atoms with Crippen LogP contribution in [-0.2, 0) is 0 Å². The quantitative estimate of drug-likeness (QED) is 0.498. The third-order valence-corrected chi connectivity index (χ3v) is 4.16. The number of nitrogens with one attached hydrogen (secondary N) is 1. The minimum atomic E-state index is -0.416. The first-order valence-corrected chi connectivity index (χ1v) is 8.65. The number of benzene rings is 2. The molecule has 7 nitrogen and oxygen atoms in total. The van der Waals surface area contributed by atoms with Gasteiger partial charge >= 0.3 is 5.69 Å². The van der Waals surface area contributed by atoms with Crippen molar-refractivity contribution in [2.75, 3.05) is 23.3 Å². The van der Waals surface area contributed by atoms with Crippen molar-refractivity contribution in [2.45, 2.75) is 20.3 Å². The Morgan fingerprint density at radius 3 is 2.62 bits per heavy atom. The number of hydrogen-bond acceptors (Lipinski definition) is 6. The van der Waals surface area contributed by atoms with Crippen LogP contribution >= 0.6 is 0 Å². The van der Waals surface area contributed by atoms with Gasteiger partial charge in [0.1, 0.15) is 6.33 Å². The van der Waals surface area contributed by atoms with E-state index in [0.29, 0.717) is 18.9 Å². The maximum atomic E-state index is 11.8. The van der Waals surface area contributed by atoms with Crippen LogP contribution in [0.15, 0.2) is 48.8 Å². The minimum Gasteiger partial charge on any atom is -0.364 e. The maximum Gasteiger partial charge on any atom is 0.353 e. The molecule has 0 bridgehead atoms. The lowest BCUT2D eigenvalue weighted by Gasteiger charge is -2.23. The highest BCUT2D eigenvalue weighted by molar-refractivity contribution is 5.96. The monoisotopic (exact) mass is 351 g/mol. The van der Waals surface area contributed by atoms with Gasteiger partial charge < -0.3 is 10.2 Å². The number of hydrogen-bond donors (Lipinski definition) is 1. The molecule has 0 aliphatic carbocycles. The van der Waals surface area contributed by atoms with Gasteiger partial charge in [0.2, 0.25) is 11.6 Å². The Morgan fingerprint density at radius 1 is 1.12 bits per heavy atom. The molecule has 3 aromatic rings. The van der Waals surface area contributed by atoms with Crippen molar-refractivity contribution in [3.05, 3.63) is 58.9 Å². The zero-order valence-corrected chi connectivity index (χ0v) is 14.8. The van der Waals surface area contributed by atoms with Crippen LogP contribution in [0.3, 0.4) is 0 Å². The summed E-state index contributed by atoms with van der Waals surface area (Å²) in [6.07, 6.45) is 2.21. The van der Waals surface area contributed by atoms with Crippen molar-refractivity contribution in [3.63, 3.8) is 0 Å². The number of anilines is 3. The summed E-state index contributed by atoms with van der Waals surface area (Å²) < 4.78 is 0. The molecule has 1 heterocycles. The summed E-state index contributed by atoms with van der Waals surface area (Å²) in [6, 6.07) is 13.9. The van der Waals surface area contributed by atoms with Crippen LogP contribution in [0.5, 0.6) is 0 Å². The molecule has 26 heavy (non-hydrogen) atoms. The van der Waals surface area contributed by atoms with Crippen LogP contribution in [0.25, 0.3) is 10.8 Å². The van der Waals surface area contributed by atoms with Gasteiger partial charge in [-0.3, -0.25) is 10.1 Å². The summed E-state index contributed by atoms with van der Waals surface area (Å²) >= 11 is 0. The highest BCUT2D eigenvalue weighted by Crippen LogP contribution is 2.38. The first kappa shape index (κ1) is 17.6. The van der Waals surface area contributed by atoms with E-state index in [4.69, 9.17) is 0 Å². The summed E-state index contributed by atoms with van der Waals surface area (Å²) in [6.45, 7) is 5.10. The topological polar surface area (TPSA) is 84.2 Å². The molecule has 0 aliphatic rings. The Bertz CT molecular complexity index is 923. The molecule has 0 radical (unpaired) electrons. The Labute approximate surface area is 151 Å². The largest absolute Gasteiger partial charge is 0.364 e. The van der Waals surface area contributed by atoms with E-state index in [-0.39, 0.29) is 11.5 Å². The SMILES string of the molecule is CCCNc1ncnc(N(CC)c2cccc3ccccc23)c1[N+](=O)[O-]. The van der Waals surface area contributed by atoms with E-state index in [1.165, 1.54) is 6.33 Å². The highest BCUT2D eigenvalue weighted by atomic mass is 16.6. The van der Waals surface area contributed by atoms with Gasteiger partial charge in [0.15, 0.2) is 0 Å². The van der Waals surface area contributed by atoms with Gasteiger partial charge in [-0.1, -0.05) is 43.3 Å². The fourth-order valence-electron chi connectivity index (χ4n) is 2.99. The third kappa shape index (κ3) is 3.28. The second-order valence-corrected chi connectivity index (χ2v) is 5.82. The second kappa shape index (κ2) is 7.77. The molecule has 0 atom stereocenters. The van der Waals surface area contributed by atoms with Crippen LogP contribution in [0, 0.1) is 10.1 Å². The van der Waals surface area contributed by atoms with Crippen molar-refractivity contribution in [1.82, 2.24) is 9.97 Å². The molecule has 0 spiro atoms. The molecule has 2 aromatic carbocycles. The summed E-state index contributed by atoms with van der Waals surface area (Å²) in [4.78, 5) is 21.6. The van der Waals surface area contributed by atoms with Gasteiger partial charge in [-0.2, -0.15) is 0 Å². The van der Waals surface area contributed by atoms with E-state index in [9.17, 15) is 10.1 Å². The second-order valence-electron chi connectivity index (χ2n) is 5.82. The lowest BCUT2D eigenvalue weighted by atomic mass is 10.1. The fraction of sp³-hybridized carbons (Fsp3) is 0.263. The van der Waals surface area contributed by atoms with E-state index in [1.54, 1.807) is 0 Å². The average Bonchev–Trinajstić information content (AvgIpc) is 2.67. The Kier molecular flexibility index (Phi) is 5.26. The van der Waals surface area contributed by atoms with Crippen LogP contribution in [-0.4, -0.2) is 28.0 Å². The molecular weight excluding hydrogens is 330 g/mol. The van der Waals surface area contributed by atoms with E-state index >= 15 is 0 Å². The molecule has 7 heteroatoms. The molecule has 0 unspecified atom stereocenters. The van der Waals surface area contributed by atoms with Crippen LogP contribution in [0.4, 0.5) is 23.0 Å². The van der Waals surface area contributed by atoms with Crippen LogP contribution < -0.4 is 10.2 Å². The van der Waals surface area contributed by atoms with E-state index in [0.717, 1.165) is 22.9 Å². The smallest absolute Gasteiger partial charge is 0.353 e. The number of aromatic nitrogens is 2. The Hall–Kier alpha value is -3.22. The summed E-state index contributed by atoms with van der Waals surface area (Å²) in [5.74, 6) is 0.544. The first-order valence-electron chi connectivity index (χ1n) is 8.65. The normalized spacial score (nSPS) is 10.7. The molecule has 0 fully saturated rings. The van der Waals surface area contributed by atoms with Gasteiger partial charge in [-0.05, 0) is 24.8 Å². The zero-order valence-electron chi connectivity index (χ0n) is 14.8. The molecule has 0 saturated heterocycles. The number of nitrogens with zero attached hydrogens (tertiary/aromatic N) is 4. The van der Waals surface area contributed by atoms with Crippen molar-refractivity contribution in [2.24, 2.45) is 0 Å². The van der Waals surface area contributed by atoms with Gasteiger partial charge in [0.05, 0.1) is 10.6 Å². The molecule has 3 rings (SSSR count). The Balaban J connectivity index is 2.18. The predicted molar refractivity (Wildman–Crippen MR) is 104 cm³/mol. The minimum absolute atomic E-state index is 0.101.